The normalized spacial score (nSPS) is 53.4. The monoisotopic (exact) mass is 401 g/mol. The van der Waals surface area contributed by atoms with Gasteiger partial charge in [0.15, 0.2) is 0 Å². The van der Waals surface area contributed by atoms with Gasteiger partial charge in [-0.05, 0) is 80.5 Å². The van der Waals surface area contributed by atoms with Crippen LogP contribution in [0.5, 0.6) is 0 Å². The largest absolute Gasteiger partial charge is 0.441 e. The molecule has 1 unspecified atom stereocenters. The summed E-state index contributed by atoms with van der Waals surface area (Å²) in [6.07, 6.45) is 10.0. The molecule has 1 spiro atoms. The molecule has 0 N–H and O–H groups in total. The molecule has 29 heavy (non-hydrogen) atoms. The smallest absolute Gasteiger partial charge is 0.410 e. The maximum Gasteiger partial charge on any atom is 0.410 e. The average Bonchev–Trinajstić information content (AvgIpc) is 3.38. The van der Waals surface area contributed by atoms with Gasteiger partial charge in [0.2, 0.25) is 0 Å². The number of hydrogen-bond donors (Lipinski definition) is 0. The second-order valence-electron chi connectivity index (χ2n) is 11.7. The summed E-state index contributed by atoms with van der Waals surface area (Å²) in [6.45, 7) is 7.03. The van der Waals surface area contributed by atoms with E-state index in [4.69, 9.17) is 9.47 Å². The summed E-state index contributed by atoms with van der Waals surface area (Å²) < 4.78 is 11.4. The highest BCUT2D eigenvalue weighted by Gasteiger charge is 2.63. The SMILES string of the molecule is C[C@]12CC[C@@]3(C[C@@H]1CC[C@@H]1[C@@H]2CC[C@]2(C)C(=O)CC[C@@H]12)CN(CC1CO1)C(=O)O3. The number of epoxide rings is 1. The van der Waals surface area contributed by atoms with E-state index < -0.39 is 0 Å². The first kappa shape index (κ1) is 18.7. The van der Waals surface area contributed by atoms with Crippen molar-refractivity contribution in [3.05, 3.63) is 0 Å². The Labute approximate surface area is 173 Å². The molecule has 1 amide bonds. The van der Waals surface area contributed by atoms with Crippen molar-refractivity contribution in [1.82, 2.24) is 4.90 Å². The lowest BCUT2D eigenvalue weighted by Gasteiger charge is -2.61. The highest BCUT2D eigenvalue weighted by molar-refractivity contribution is 5.87. The van der Waals surface area contributed by atoms with E-state index >= 15 is 0 Å². The molecule has 0 radical (unpaired) electrons. The Morgan fingerprint density at radius 3 is 2.66 bits per heavy atom. The van der Waals surface area contributed by atoms with Crippen LogP contribution in [-0.2, 0) is 14.3 Å². The van der Waals surface area contributed by atoms with Crippen molar-refractivity contribution >= 4 is 11.9 Å². The molecular formula is C24H35NO4. The standard InChI is InChI=1S/C24H35NO4/c1-22-9-10-24(14-25(21(27)29-24)12-16-13-28-16)11-15(22)3-4-17-18-5-6-20(26)23(18,2)8-7-19(17)22/h15-19H,3-14H2,1-2H3/t15-,16?,17-,18-,19-,22-,23-,24+/m0/s1. The number of hydrogen-bond acceptors (Lipinski definition) is 4. The first-order valence-electron chi connectivity index (χ1n) is 12.0. The maximum absolute atomic E-state index is 12.6. The van der Waals surface area contributed by atoms with Gasteiger partial charge in [-0.15, -0.1) is 0 Å². The van der Waals surface area contributed by atoms with Crippen LogP contribution in [0.4, 0.5) is 4.79 Å². The van der Waals surface area contributed by atoms with Crippen LogP contribution in [-0.4, -0.2) is 48.2 Å². The number of fused-ring (bicyclic) bond motifs is 5. The van der Waals surface area contributed by atoms with Crippen molar-refractivity contribution in [2.45, 2.75) is 83.3 Å². The lowest BCUT2D eigenvalue weighted by atomic mass is 9.44. The summed E-state index contributed by atoms with van der Waals surface area (Å²) in [4.78, 5) is 27.0. The quantitative estimate of drug-likeness (QED) is 0.651. The van der Waals surface area contributed by atoms with Gasteiger partial charge in [0.25, 0.3) is 0 Å². The molecule has 2 aliphatic heterocycles. The molecule has 8 atom stereocenters. The van der Waals surface area contributed by atoms with Crippen LogP contribution in [0.2, 0.25) is 0 Å². The van der Waals surface area contributed by atoms with Crippen LogP contribution in [0.15, 0.2) is 0 Å². The molecule has 2 heterocycles. The van der Waals surface area contributed by atoms with E-state index in [0.29, 0.717) is 29.6 Å². The second-order valence-corrected chi connectivity index (χ2v) is 11.7. The predicted octanol–water partition coefficient (Wildman–Crippen LogP) is 4.19. The topological polar surface area (TPSA) is 59.1 Å². The van der Waals surface area contributed by atoms with Gasteiger partial charge in [0, 0.05) is 11.8 Å². The van der Waals surface area contributed by atoms with Crippen molar-refractivity contribution < 1.29 is 19.1 Å². The molecule has 5 nitrogen and oxygen atoms in total. The molecule has 160 valence electrons. The van der Waals surface area contributed by atoms with Gasteiger partial charge in [0.1, 0.15) is 11.4 Å². The van der Waals surface area contributed by atoms with E-state index in [2.05, 4.69) is 13.8 Å². The summed E-state index contributed by atoms with van der Waals surface area (Å²) in [6, 6.07) is 0. The number of amides is 1. The van der Waals surface area contributed by atoms with E-state index in [-0.39, 0.29) is 23.2 Å². The fourth-order valence-corrected chi connectivity index (χ4v) is 8.57. The molecule has 6 rings (SSSR count). The zero-order chi connectivity index (χ0) is 20.0. The Hall–Kier alpha value is -1.10. The Balaban J connectivity index is 1.21. The van der Waals surface area contributed by atoms with Crippen LogP contribution in [0.25, 0.3) is 0 Å². The van der Waals surface area contributed by atoms with Crippen molar-refractivity contribution in [2.75, 3.05) is 19.7 Å². The average molecular weight is 402 g/mol. The van der Waals surface area contributed by atoms with E-state index in [1.54, 1.807) is 0 Å². The van der Waals surface area contributed by atoms with Gasteiger partial charge in [-0.25, -0.2) is 4.79 Å². The Morgan fingerprint density at radius 1 is 1.03 bits per heavy atom. The lowest BCUT2D eigenvalue weighted by Crippen LogP contribution is -2.56. The van der Waals surface area contributed by atoms with Gasteiger partial charge >= 0.3 is 6.09 Å². The number of carbonyl (C=O) groups excluding carboxylic acids is 2. The molecule has 4 aliphatic carbocycles. The highest BCUT2D eigenvalue weighted by Crippen LogP contribution is 2.66. The lowest BCUT2D eigenvalue weighted by molar-refractivity contribution is -0.149. The molecule has 2 saturated heterocycles. The number of ether oxygens (including phenoxy) is 2. The second kappa shape index (κ2) is 5.99. The zero-order valence-corrected chi connectivity index (χ0v) is 18.0. The molecule has 0 aromatic rings. The van der Waals surface area contributed by atoms with Gasteiger partial charge in [-0.3, -0.25) is 4.79 Å². The van der Waals surface area contributed by atoms with E-state index in [1.807, 2.05) is 4.90 Å². The molecule has 5 heteroatoms. The third kappa shape index (κ3) is 2.61. The summed E-state index contributed by atoms with van der Waals surface area (Å²) in [5.41, 5.74) is 0.0443. The van der Waals surface area contributed by atoms with E-state index in [9.17, 15) is 9.59 Å². The Kier molecular flexibility index (Phi) is 3.85. The number of carbonyl (C=O) groups is 2. The van der Waals surface area contributed by atoms with Gasteiger partial charge in [-0.1, -0.05) is 13.8 Å². The number of nitrogens with zero attached hydrogens (tertiary/aromatic N) is 1. The van der Waals surface area contributed by atoms with Crippen molar-refractivity contribution in [1.29, 1.82) is 0 Å². The predicted molar refractivity (Wildman–Crippen MR) is 107 cm³/mol. The summed E-state index contributed by atoms with van der Waals surface area (Å²) in [5, 5.41) is 0. The molecule has 6 fully saturated rings. The van der Waals surface area contributed by atoms with E-state index in [1.165, 1.54) is 19.3 Å². The van der Waals surface area contributed by atoms with Gasteiger partial charge in [-0.2, -0.15) is 0 Å². The fraction of sp³-hybridized carbons (Fsp3) is 0.917. The van der Waals surface area contributed by atoms with Gasteiger partial charge < -0.3 is 14.4 Å². The molecule has 6 aliphatic rings. The van der Waals surface area contributed by atoms with Crippen LogP contribution in [0.1, 0.15) is 71.6 Å². The molecule has 0 bridgehead atoms. The summed E-state index contributed by atoms with van der Waals surface area (Å²) in [7, 11) is 0. The first-order chi connectivity index (χ1) is 13.8. The minimum atomic E-state index is -0.268. The van der Waals surface area contributed by atoms with Crippen LogP contribution >= 0.6 is 0 Å². The fourth-order valence-electron chi connectivity index (χ4n) is 8.57. The maximum atomic E-state index is 12.6. The first-order valence-corrected chi connectivity index (χ1v) is 12.0. The molecule has 0 aromatic heterocycles. The summed E-state index contributed by atoms with van der Waals surface area (Å²) >= 11 is 0. The van der Waals surface area contributed by atoms with Gasteiger partial charge in [0.05, 0.1) is 25.8 Å². The minimum Gasteiger partial charge on any atom is -0.441 e. The van der Waals surface area contributed by atoms with Crippen LogP contribution in [0.3, 0.4) is 0 Å². The van der Waals surface area contributed by atoms with Crippen molar-refractivity contribution in [3.63, 3.8) is 0 Å². The minimum absolute atomic E-state index is 0.0351. The van der Waals surface area contributed by atoms with Crippen molar-refractivity contribution in [3.8, 4) is 0 Å². The summed E-state index contributed by atoms with van der Waals surface area (Å²) in [5.74, 6) is 3.26. The zero-order valence-electron chi connectivity index (χ0n) is 18.0. The molecule has 0 aromatic carbocycles. The van der Waals surface area contributed by atoms with Crippen LogP contribution < -0.4 is 0 Å². The Morgan fingerprint density at radius 2 is 1.86 bits per heavy atom. The Bertz CT molecular complexity index is 749. The number of rotatable bonds is 2. The third-order valence-electron chi connectivity index (χ3n) is 10.4. The number of ketones is 1. The van der Waals surface area contributed by atoms with Crippen LogP contribution in [0, 0.1) is 34.5 Å². The van der Waals surface area contributed by atoms with Crippen molar-refractivity contribution in [2.24, 2.45) is 34.5 Å². The molecule has 4 saturated carbocycles. The van der Waals surface area contributed by atoms with E-state index in [0.717, 1.165) is 63.5 Å². The number of Topliss-reactive ketones (excluding diaryl/α,β-unsaturated/α-hetero) is 1. The molecular weight excluding hydrogens is 366 g/mol. The third-order valence-corrected chi connectivity index (χ3v) is 10.4. The highest BCUT2D eigenvalue weighted by atomic mass is 16.6.